The minimum absolute atomic E-state index is 0.619. The van der Waals surface area contributed by atoms with Crippen LogP contribution in [-0.4, -0.2) is 4.98 Å². The largest absolute Gasteiger partial charge is 0.257 e. The summed E-state index contributed by atoms with van der Waals surface area (Å²) in [5.74, 6) is 2.24. The number of imidazole rings is 1. The van der Waals surface area contributed by atoms with Gasteiger partial charge in [0.05, 0.1) is 12.0 Å². The molecule has 0 bridgehead atoms. The zero-order valence-electron chi connectivity index (χ0n) is 30.4. The molecule has 0 amide bonds. The van der Waals surface area contributed by atoms with Crippen LogP contribution in [0.25, 0.3) is 0 Å². The highest BCUT2D eigenvalue weighted by Crippen LogP contribution is 2.27. The zero-order chi connectivity index (χ0) is 31.1. The molecule has 43 heavy (non-hydrogen) atoms. The maximum atomic E-state index is 3.74. The summed E-state index contributed by atoms with van der Waals surface area (Å²) in [6, 6.07) is 0.619. The van der Waals surface area contributed by atoms with E-state index in [9.17, 15) is 0 Å². The second-order valence-electron chi connectivity index (χ2n) is 14.4. The van der Waals surface area contributed by atoms with Crippen LogP contribution in [0.1, 0.15) is 251 Å². The van der Waals surface area contributed by atoms with Gasteiger partial charge >= 0.3 is 0 Å². The van der Waals surface area contributed by atoms with Crippen molar-refractivity contribution in [2.24, 2.45) is 0 Å². The molecule has 0 saturated carbocycles. The Morgan fingerprint density at radius 1 is 0.442 bits per heavy atom. The predicted molar refractivity (Wildman–Crippen MR) is 193 cm³/mol. The van der Waals surface area contributed by atoms with Crippen LogP contribution in [0.4, 0.5) is 0 Å². The Labute approximate surface area is 272 Å². The number of nitrogens with one attached hydrogen (secondary N) is 1. The third-order valence-corrected chi connectivity index (χ3v) is 10.1. The predicted octanol–water partition coefficient (Wildman–Crippen LogP) is 14.5. The maximum absolute atomic E-state index is 3.74. The van der Waals surface area contributed by atoms with Gasteiger partial charge in [-0.3, -0.25) is 0 Å². The van der Waals surface area contributed by atoms with Crippen LogP contribution < -0.4 is 4.57 Å². The summed E-state index contributed by atoms with van der Waals surface area (Å²) in [5, 5.41) is 0. The summed E-state index contributed by atoms with van der Waals surface area (Å²) in [7, 11) is 0. The van der Waals surface area contributed by atoms with Crippen molar-refractivity contribution in [3.8, 4) is 0 Å². The zero-order valence-corrected chi connectivity index (χ0v) is 30.4. The van der Waals surface area contributed by atoms with Crippen molar-refractivity contribution in [1.29, 1.82) is 0 Å². The van der Waals surface area contributed by atoms with Gasteiger partial charge in [-0.2, -0.15) is 0 Å². The number of unbranched alkanes of at least 4 members (excludes halogenated alkanes) is 26. The first-order chi connectivity index (χ1) is 21.2. The molecule has 2 heteroatoms. The van der Waals surface area contributed by atoms with Crippen molar-refractivity contribution < 1.29 is 4.57 Å². The first kappa shape index (κ1) is 40.2. The van der Waals surface area contributed by atoms with Crippen LogP contribution >= 0.6 is 0 Å². The van der Waals surface area contributed by atoms with E-state index in [-0.39, 0.29) is 0 Å². The second kappa shape index (κ2) is 31.2. The number of H-pyrrole nitrogens is 1. The summed E-state index contributed by atoms with van der Waals surface area (Å²) < 4.78 is 2.63. The Bertz CT molecular complexity index is 664. The van der Waals surface area contributed by atoms with E-state index >= 15 is 0 Å². The minimum Gasteiger partial charge on any atom is -0.247 e. The average Bonchev–Trinajstić information content (AvgIpc) is 3.51. The summed E-state index contributed by atoms with van der Waals surface area (Å²) in [4.78, 5) is 3.74. The molecule has 0 aliphatic carbocycles. The highest BCUT2D eigenvalue weighted by Gasteiger charge is 2.25. The topological polar surface area (TPSA) is 19.7 Å². The van der Waals surface area contributed by atoms with Gasteiger partial charge in [-0.1, -0.05) is 201 Å². The Hall–Kier alpha value is -0.790. The standard InChI is InChI=1S/C41H80N2/c1-5-8-11-14-16-18-20-21-23-25-27-30-33-36-40(35-32-28-13-10-7-3)41-42-37-38-43(41)39(4)34-31-29-26-24-22-19-17-15-12-9-6-2/h37-40H,5-36H2,1-4H3/p+1. The Balaban J connectivity index is 2.33. The summed E-state index contributed by atoms with van der Waals surface area (Å²) in [5.41, 5.74) is 0. The Kier molecular flexibility index (Phi) is 29.2. The van der Waals surface area contributed by atoms with E-state index in [1.807, 2.05) is 0 Å². The van der Waals surface area contributed by atoms with Crippen molar-refractivity contribution in [3.63, 3.8) is 0 Å². The van der Waals surface area contributed by atoms with Crippen LogP contribution in [-0.2, 0) is 0 Å². The van der Waals surface area contributed by atoms with Gasteiger partial charge < -0.3 is 0 Å². The summed E-state index contributed by atoms with van der Waals surface area (Å²) in [6.07, 6.45) is 50.2. The van der Waals surface area contributed by atoms with E-state index in [0.717, 1.165) is 0 Å². The average molecular weight is 602 g/mol. The maximum Gasteiger partial charge on any atom is 0.257 e. The van der Waals surface area contributed by atoms with E-state index in [2.05, 4.69) is 49.6 Å². The molecule has 0 radical (unpaired) electrons. The van der Waals surface area contributed by atoms with Gasteiger partial charge in [0.2, 0.25) is 0 Å². The normalized spacial score (nSPS) is 13.1. The van der Waals surface area contributed by atoms with Gasteiger partial charge in [0.15, 0.2) is 0 Å². The van der Waals surface area contributed by atoms with E-state index in [0.29, 0.717) is 12.0 Å². The molecule has 1 N–H and O–H groups in total. The quantitative estimate of drug-likeness (QED) is 0.0599. The number of nitrogens with zero attached hydrogens (tertiary/aromatic N) is 1. The van der Waals surface area contributed by atoms with Gasteiger partial charge in [0.25, 0.3) is 5.82 Å². The van der Waals surface area contributed by atoms with Crippen LogP contribution in [0.2, 0.25) is 0 Å². The first-order valence-corrected chi connectivity index (χ1v) is 20.3. The third-order valence-electron chi connectivity index (χ3n) is 10.1. The van der Waals surface area contributed by atoms with Gasteiger partial charge in [-0.25, -0.2) is 9.55 Å². The van der Waals surface area contributed by atoms with E-state index < -0.39 is 0 Å². The highest BCUT2D eigenvalue weighted by atomic mass is 15.1. The van der Waals surface area contributed by atoms with E-state index in [1.54, 1.807) is 0 Å². The summed E-state index contributed by atoms with van der Waals surface area (Å²) >= 11 is 0. The van der Waals surface area contributed by atoms with Crippen molar-refractivity contribution >= 4 is 0 Å². The number of rotatable bonds is 34. The Morgan fingerprint density at radius 3 is 1.09 bits per heavy atom. The fourth-order valence-electron chi connectivity index (χ4n) is 7.13. The van der Waals surface area contributed by atoms with Gasteiger partial charge in [-0.15, -0.1) is 0 Å². The lowest BCUT2D eigenvalue weighted by atomic mass is 9.93. The molecule has 0 spiro atoms. The molecule has 0 aliphatic heterocycles. The molecule has 0 aromatic carbocycles. The van der Waals surface area contributed by atoms with Crippen molar-refractivity contribution in [2.45, 2.75) is 245 Å². The molecular weight excluding hydrogens is 520 g/mol. The van der Waals surface area contributed by atoms with Crippen LogP contribution in [0.15, 0.2) is 12.4 Å². The van der Waals surface area contributed by atoms with Crippen molar-refractivity contribution in [2.75, 3.05) is 0 Å². The van der Waals surface area contributed by atoms with E-state index in [4.69, 9.17) is 0 Å². The van der Waals surface area contributed by atoms with E-state index in [1.165, 1.54) is 211 Å². The van der Waals surface area contributed by atoms with Crippen LogP contribution in [0.3, 0.4) is 0 Å². The molecule has 2 atom stereocenters. The highest BCUT2D eigenvalue weighted by molar-refractivity contribution is 4.90. The fraction of sp³-hybridized carbons (Fsp3) is 0.927. The lowest BCUT2D eigenvalue weighted by Gasteiger charge is -2.17. The molecule has 1 rings (SSSR count). The SMILES string of the molecule is CCCCCCCCCCCCCCCC(CCCCCCC)c1[nH]cc[n+]1C(C)CCCCCCCCCCCCC. The van der Waals surface area contributed by atoms with Crippen LogP contribution in [0, 0.1) is 0 Å². The van der Waals surface area contributed by atoms with Crippen molar-refractivity contribution in [3.05, 3.63) is 18.2 Å². The molecule has 1 heterocycles. The Morgan fingerprint density at radius 2 is 0.744 bits per heavy atom. The smallest absolute Gasteiger partial charge is 0.247 e. The second-order valence-corrected chi connectivity index (χ2v) is 14.4. The molecule has 2 unspecified atom stereocenters. The lowest BCUT2D eigenvalue weighted by molar-refractivity contribution is -0.727. The molecule has 2 nitrogen and oxygen atoms in total. The molecule has 1 aromatic rings. The lowest BCUT2D eigenvalue weighted by Crippen LogP contribution is -2.41. The minimum atomic E-state index is 0.619. The van der Waals surface area contributed by atoms with Crippen LogP contribution in [0.5, 0.6) is 0 Å². The molecule has 0 aliphatic rings. The van der Waals surface area contributed by atoms with Gasteiger partial charge in [0.1, 0.15) is 12.4 Å². The number of aromatic amines is 1. The molecule has 0 fully saturated rings. The number of hydrogen-bond acceptors (Lipinski definition) is 0. The van der Waals surface area contributed by atoms with Gasteiger partial charge in [0, 0.05) is 0 Å². The monoisotopic (exact) mass is 602 g/mol. The van der Waals surface area contributed by atoms with Crippen molar-refractivity contribution in [1.82, 2.24) is 4.98 Å². The molecule has 254 valence electrons. The molecule has 1 aromatic heterocycles. The first-order valence-electron chi connectivity index (χ1n) is 20.3. The summed E-state index contributed by atoms with van der Waals surface area (Å²) in [6.45, 7) is 9.42. The number of hydrogen-bond donors (Lipinski definition) is 1. The van der Waals surface area contributed by atoms with Gasteiger partial charge in [-0.05, 0) is 32.6 Å². The molecule has 0 saturated heterocycles. The molecular formula is C41H81N2+. The number of aromatic nitrogens is 2. The fourth-order valence-corrected chi connectivity index (χ4v) is 7.13. The third kappa shape index (κ3) is 23.2.